The van der Waals surface area contributed by atoms with E-state index >= 15 is 0 Å². The Morgan fingerprint density at radius 3 is 2.55 bits per heavy atom. The third kappa shape index (κ3) is 8.67. The van der Waals surface area contributed by atoms with Crippen molar-refractivity contribution < 1.29 is 19.1 Å². The van der Waals surface area contributed by atoms with Crippen LogP contribution in [0.3, 0.4) is 0 Å². The van der Waals surface area contributed by atoms with E-state index in [0.29, 0.717) is 36.3 Å². The molecule has 0 fully saturated rings. The number of ether oxygens (including phenoxy) is 1. The monoisotopic (exact) mass is 490 g/mol. The molecule has 166 valence electrons. The number of hydrogen-bond donors (Lipinski definition) is 4. The lowest BCUT2D eigenvalue weighted by Gasteiger charge is -2.18. The standard InChI is InChI=1S/C22H27BrN4O4/c1-2-31-22(30)27-19(21(29)25-16-9-7-8-15(23)14-16)12-5-6-13-20(28)26-18-11-4-3-10-17(18)24/h3-4,7-11,14,19H,2,5-6,12-13,24H2,1H3,(H,25,29)(H,26,28)(H,27,30)/t19-/m0/s1. The Labute approximate surface area is 190 Å². The molecule has 0 aliphatic rings. The van der Waals surface area contributed by atoms with Crippen molar-refractivity contribution in [2.24, 2.45) is 0 Å². The van der Waals surface area contributed by atoms with E-state index in [1.54, 1.807) is 49.4 Å². The summed E-state index contributed by atoms with van der Waals surface area (Å²) in [6.45, 7) is 1.89. The van der Waals surface area contributed by atoms with E-state index in [4.69, 9.17) is 10.5 Å². The summed E-state index contributed by atoms with van der Waals surface area (Å²) >= 11 is 3.36. The first-order chi connectivity index (χ1) is 14.9. The highest BCUT2D eigenvalue weighted by molar-refractivity contribution is 9.10. The molecular weight excluding hydrogens is 464 g/mol. The van der Waals surface area contributed by atoms with Crippen LogP contribution in [-0.4, -0.2) is 30.6 Å². The van der Waals surface area contributed by atoms with Gasteiger partial charge >= 0.3 is 6.09 Å². The van der Waals surface area contributed by atoms with Crippen LogP contribution in [0.2, 0.25) is 0 Å². The summed E-state index contributed by atoms with van der Waals surface area (Å²) in [5.41, 5.74) is 7.50. The Kier molecular flexibility index (Phi) is 9.83. The predicted octanol–water partition coefficient (Wildman–Crippen LogP) is 4.28. The van der Waals surface area contributed by atoms with E-state index in [-0.39, 0.29) is 24.8 Å². The number of rotatable bonds is 10. The highest BCUT2D eigenvalue weighted by Gasteiger charge is 2.21. The lowest BCUT2D eigenvalue weighted by molar-refractivity contribution is -0.118. The van der Waals surface area contributed by atoms with E-state index in [1.807, 2.05) is 6.07 Å². The molecule has 0 radical (unpaired) electrons. The molecule has 0 saturated heterocycles. The van der Waals surface area contributed by atoms with Gasteiger partial charge in [0.15, 0.2) is 0 Å². The Balaban J connectivity index is 1.87. The summed E-state index contributed by atoms with van der Waals surface area (Å²) in [5.74, 6) is -0.515. The number of carbonyl (C=O) groups excluding carboxylic acids is 3. The normalized spacial score (nSPS) is 11.3. The molecule has 3 amide bonds. The Morgan fingerprint density at radius 2 is 1.84 bits per heavy atom. The number of carbonyl (C=O) groups is 3. The van der Waals surface area contributed by atoms with Crippen molar-refractivity contribution in [3.63, 3.8) is 0 Å². The molecule has 0 aromatic heterocycles. The second-order valence-electron chi connectivity index (χ2n) is 6.80. The maximum absolute atomic E-state index is 12.7. The van der Waals surface area contributed by atoms with Crippen molar-refractivity contribution in [3.8, 4) is 0 Å². The summed E-state index contributed by atoms with van der Waals surface area (Å²) in [7, 11) is 0. The average molecular weight is 491 g/mol. The highest BCUT2D eigenvalue weighted by Crippen LogP contribution is 2.18. The van der Waals surface area contributed by atoms with E-state index < -0.39 is 12.1 Å². The molecule has 5 N–H and O–H groups in total. The van der Waals surface area contributed by atoms with Gasteiger partial charge in [-0.05, 0) is 50.1 Å². The van der Waals surface area contributed by atoms with Crippen LogP contribution < -0.4 is 21.7 Å². The summed E-state index contributed by atoms with van der Waals surface area (Å²) in [6.07, 6.45) is 1.08. The Morgan fingerprint density at radius 1 is 1.06 bits per heavy atom. The summed E-state index contributed by atoms with van der Waals surface area (Å²) < 4.78 is 5.72. The van der Waals surface area contributed by atoms with Gasteiger partial charge in [-0.2, -0.15) is 0 Å². The van der Waals surface area contributed by atoms with Gasteiger partial charge in [-0.3, -0.25) is 9.59 Å². The second-order valence-corrected chi connectivity index (χ2v) is 7.71. The number of nitrogens with two attached hydrogens (primary N) is 1. The van der Waals surface area contributed by atoms with Crippen molar-refractivity contribution >= 4 is 50.9 Å². The number of hydrogen-bond acceptors (Lipinski definition) is 5. The average Bonchev–Trinajstić information content (AvgIpc) is 2.72. The van der Waals surface area contributed by atoms with Crippen LogP contribution in [-0.2, 0) is 14.3 Å². The molecule has 0 spiro atoms. The number of benzene rings is 2. The van der Waals surface area contributed by atoms with Crippen molar-refractivity contribution in [1.82, 2.24) is 5.32 Å². The van der Waals surface area contributed by atoms with Gasteiger partial charge in [0.1, 0.15) is 6.04 Å². The first-order valence-corrected chi connectivity index (χ1v) is 10.8. The van der Waals surface area contributed by atoms with Gasteiger partial charge in [0, 0.05) is 16.6 Å². The van der Waals surface area contributed by atoms with Crippen LogP contribution in [0.1, 0.15) is 32.6 Å². The van der Waals surface area contributed by atoms with Gasteiger partial charge in [-0.25, -0.2) is 4.79 Å². The molecule has 0 unspecified atom stereocenters. The van der Waals surface area contributed by atoms with Gasteiger partial charge < -0.3 is 26.4 Å². The number of nitrogens with one attached hydrogen (secondary N) is 3. The molecule has 1 atom stereocenters. The molecule has 31 heavy (non-hydrogen) atoms. The van der Waals surface area contributed by atoms with E-state index in [1.165, 1.54) is 0 Å². The minimum absolute atomic E-state index is 0.161. The van der Waals surface area contributed by atoms with Gasteiger partial charge in [-0.15, -0.1) is 0 Å². The van der Waals surface area contributed by atoms with Gasteiger partial charge in [-0.1, -0.05) is 40.5 Å². The van der Waals surface area contributed by atoms with Crippen LogP contribution in [0.4, 0.5) is 21.9 Å². The molecule has 0 aliphatic heterocycles. The first kappa shape index (κ1) is 24.2. The zero-order valence-corrected chi connectivity index (χ0v) is 18.9. The number of anilines is 3. The fraction of sp³-hybridized carbons (Fsp3) is 0.318. The van der Waals surface area contributed by atoms with Crippen LogP contribution in [0.15, 0.2) is 53.0 Å². The number of alkyl carbamates (subject to hydrolysis) is 1. The maximum Gasteiger partial charge on any atom is 0.407 e. The smallest absolute Gasteiger partial charge is 0.407 e. The maximum atomic E-state index is 12.7. The van der Waals surface area contributed by atoms with Crippen molar-refractivity contribution in [3.05, 3.63) is 53.0 Å². The highest BCUT2D eigenvalue weighted by atomic mass is 79.9. The lowest BCUT2D eigenvalue weighted by Crippen LogP contribution is -2.44. The molecule has 9 heteroatoms. The number of unbranched alkanes of at least 4 members (excludes halogenated alkanes) is 1. The summed E-state index contributed by atoms with van der Waals surface area (Å²) in [6, 6.07) is 13.4. The molecule has 0 aliphatic carbocycles. The van der Waals surface area contributed by atoms with E-state index in [0.717, 1.165) is 4.47 Å². The van der Waals surface area contributed by atoms with Crippen molar-refractivity contribution in [1.29, 1.82) is 0 Å². The molecule has 2 rings (SSSR count). The fourth-order valence-electron chi connectivity index (χ4n) is 2.84. The van der Waals surface area contributed by atoms with Crippen LogP contribution in [0, 0.1) is 0 Å². The lowest BCUT2D eigenvalue weighted by atomic mass is 10.1. The fourth-order valence-corrected chi connectivity index (χ4v) is 3.24. The zero-order valence-electron chi connectivity index (χ0n) is 17.3. The second kappa shape index (κ2) is 12.6. The molecular formula is C22H27BrN4O4. The molecule has 2 aromatic rings. The first-order valence-electron chi connectivity index (χ1n) is 10.0. The van der Waals surface area contributed by atoms with Crippen LogP contribution in [0.5, 0.6) is 0 Å². The van der Waals surface area contributed by atoms with Gasteiger partial charge in [0.05, 0.1) is 18.0 Å². The van der Waals surface area contributed by atoms with Gasteiger partial charge in [0.2, 0.25) is 11.8 Å². The minimum Gasteiger partial charge on any atom is -0.450 e. The number of halogens is 1. The number of nitrogen functional groups attached to an aromatic ring is 1. The summed E-state index contributed by atoms with van der Waals surface area (Å²) in [5, 5.41) is 8.14. The topological polar surface area (TPSA) is 123 Å². The van der Waals surface area contributed by atoms with Gasteiger partial charge in [0.25, 0.3) is 0 Å². The third-order valence-electron chi connectivity index (χ3n) is 4.36. The largest absolute Gasteiger partial charge is 0.450 e. The molecule has 8 nitrogen and oxygen atoms in total. The molecule has 0 heterocycles. The zero-order chi connectivity index (χ0) is 22.6. The summed E-state index contributed by atoms with van der Waals surface area (Å²) in [4.78, 5) is 36.7. The Hall–Kier alpha value is -3.07. The molecule has 0 saturated carbocycles. The third-order valence-corrected chi connectivity index (χ3v) is 4.85. The quantitative estimate of drug-likeness (QED) is 0.292. The van der Waals surface area contributed by atoms with Crippen LogP contribution in [0.25, 0.3) is 0 Å². The number of amides is 3. The van der Waals surface area contributed by atoms with Crippen molar-refractivity contribution in [2.75, 3.05) is 23.0 Å². The number of para-hydroxylation sites is 2. The van der Waals surface area contributed by atoms with E-state index in [9.17, 15) is 14.4 Å². The SMILES string of the molecule is CCOC(=O)N[C@@H](CCCCC(=O)Nc1ccccc1N)C(=O)Nc1cccc(Br)c1. The van der Waals surface area contributed by atoms with E-state index in [2.05, 4.69) is 31.9 Å². The van der Waals surface area contributed by atoms with Crippen LogP contribution >= 0.6 is 15.9 Å². The predicted molar refractivity (Wildman–Crippen MR) is 125 cm³/mol. The molecule has 2 aromatic carbocycles. The molecule has 0 bridgehead atoms. The minimum atomic E-state index is -0.786. The van der Waals surface area contributed by atoms with Crippen molar-refractivity contribution in [2.45, 2.75) is 38.6 Å². The Bertz CT molecular complexity index is 907.